The van der Waals surface area contributed by atoms with Crippen LogP contribution >= 0.6 is 0 Å². The van der Waals surface area contributed by atoms with E-state index < -0.39 is 11.2 Å². The second kappa shape index (κ2) is 6.70. The summed E-state index contributed by atoms with van der Waals surface area (Å²) >= 11 is 0. The average Bonchev–Trinajstić information content (AvgIpc) is 3.49. The number of hydrogen-bond acceptors (Lipinski definition) is 5. The smallest absolute Gasteiger partial charge is 0.192 e. The van der Waals surface area contributed by atoms with Crippen LogP contribution in [0.15, 0.2) is 48.6 Å². The Hall–Kier alpha value is -2.24. The summed E-state index contributed by atoms with van der Waals surface area (Å²) in [6, 6.07) is 8.32. The highest BCUT2D eigenvalue weighted by molar-refractivity contribution is 5.98. The van der Waals surface area contributed by atoms with Crippen LogP contribution in [0, 0.1) is 34.5 Å². The van der Waals surface area contributed by atoms with Crippen molar-refractivity contribution < 1.29 is 23.8 Å². The maximum atomic E-state index is 14.2. The maximum Gasteiger partial charge on any atom is 0.192 e. The summed E-state index contributed by atoms with van der Waals surface area (Å²) in [5, 5.41) is 0. The summed E-state index contributed by atoms with van der Waals surface area (Å²) in [5.74, 6) is -0.442. The Morgan fingerprint density at radius 3 is 2.44 bits per heavy atom. The predicted octanol–water partition coefficient (Wildman–Crippen LogP) is 4.40. The van der Waals surface area contributed by atoms with Gasteiger partial charge in [-0.25, -0.2) is 0 Å². The minimum Gasteiger partial charge on any atom is -0.497 e. The number of hydrogen-bond donors (Lipinski definition) is 0. The van der Waals surface area contributed by atoms with Crippen LogP contribution in [0.25, 0.3) is 0 Å². The van der Waals surface area contributed by atoms with Crippen molar-refractivity contribution in [3.63, 3.8) is 0 Å². The molecular weight excluding hydrogens is 428 g/mol. The molecule has 5 aliphatic carbocycles. The van der Waals surface area contributed by atoms with Crippen molar-refractivity contribution in [1.29, 1.82) is 0 Å². The number of benzene rings is 1. The van der Waals surface area contributed by atoms with Crippen LogP contribution in [0.3, 0.4) is 0 Å². The standard InChI is InChI=1S/C29H32O5/c1-26-10-3-4-11-27(26)13-14-28(26,18-5-7-19(32-2)8-6-18)24-22(31)17-20-23(25(24)27)21(30)9-12-29(20)33-15-16-34-29/h5-9,12-14,20,23-25H,3-4,10-11,15-17H2,1-2H3/t20-,23+,24?,25?,26?,27?,28?/m1/s1. The van der Waals surface area contributed by atoms with Gasteiger partial charge in [-0.3, -0.25) is 9.59 Å². The van der Waals surface area contributed by atoms with E-state index in [0.717, 1.165) is 31.4 Å². The average molecular weight is 461 g/mol. The van der Waals surface area contributed by atoms with Crippen LogP contribution in [0.2, 0.25) is 0 Å². The highest BCUT2D eigenvalue weighted by atomic mass is 16.7. The largest absolute Gasteiger partial charge is 0.497 e. The summed E-state index contributed by atoms with van der Waals surface area (Å²) in [7, 11) is 1.68. The monoisotopic (exact) mass is 460 g/mol. The molecule has 3 saturated carbocycles. The lowest BCUT2D eigenvalue weighted by Crippen LogP contribution is -2.58. The van der Waals surface area contributed by atoms with Crippen molar-refractivity contribution in [2.45, 2.75) is 50.2 Å². The van der Waals surface area contributed by atoms with Gasteiger partial charge < -0.3 is 14.2 Å². The first-order valence-electron chi connectivity index (χ1n) is 12.8. The number of carbonyl (C=O) groups is 2. The summed E-state index contributed by atoms with van der Waals surface area (Å²) in [6.45, 7) is 3.41. The van der Waals surface area contributed by atoms with E-state index in [1.165, 1.54) is 5.56 Å². The first-order valence-corrected chi connectivity index (χ1v) is 12.8. The molecule has 6 aliphatic rings. The van der Waals surface area contributed by atoms with Gasteiger partial charge in [0, 0.05) is 29.6 Å². The fraction of sp³-hybridized carbons (Fsp3) is 0.586. The summed E-state index contributed by atoms with van der Waals surface area (Å²) < 4.78 is 17.7. The van der Waals surface area contributed by atoms with Crippen molar-refractivity contribution in [1.82, 2.24) is 0 Å². The number of ketones is 2. The Bertz CT molecular complexity index is 1130. The fourth-order valence-corrected chi connectivity index (χ4v) is 9.52. The molecule has 5 unspecified atom stereocenters. The summed E-state index contributed by atoms with van der Waals surface area (Å²) in [5.41, 5.74) is 0.490. The molecule has 0 aromatic heterocycles. The van der Waals surface area contributed by atoms with Gasteiger partial charge in [-0.15, -0.1) is 0 Å². The van der Waals surface area contributed by atoms with Crippen LogP contribution in [-0.2, 0) is 24.5 Å². The molecule has 7 rings (SSSR count). The maximum absolute atomic E-state index is 14.2. The number of ether oxygens (including phenoxy) is 3. The second-order valence-corrected chi connectivity index (χ2v) is 11.5. The first kappa shape index (κ1) is 21.1. The van der Waals surface area contributed by atoms with Gasteiger partial charge in [0.15, 0.2) is 11.6 Å². The molecule has 0 N–H and O–H groups in total. The SMILES string of the molecule is COc1ccc(C23C=CC4(CCCCC42C)C2C3C(=O)C[C@@H]3[C@H]2C(=O)C=CC32OCCO2)cc1. The molecule has 1 aliphatic heterocycles. The molecule has 5 heteroatoms. The van der Waals surface area contributed by atoms with Gasteiger partial charge in [0.05, 0.1) is 20.3 Å². The molecule has 34 heavy (non-hydrogen) atoms. The van der Waals surface area contributed by atoms with E-state index in [0.29, 0.717) is 19.6 Å². The second-order valence-electron chi connectivity index (χ2n) is 11.5. The molecule has 1 aromatic carbocycles. The molecular formula is C29H32O5. The molecule has 1 aromatic rings. The molecule has 1 heterocycles. The van der Waals surface area contributed by atoms with E-state index in [1.54, 1.807) is 19.3 Å². The molecule has 0 radical (unpaired) electrons. The van der Waals surface area contributed by atoms with E-state index in [2.05, 4.69) is 31.2 Å². The zero-order chi connectivity index (χ0) is 23.3. The van der Waals surface area contributed by atoms with Crippen LogP contribution in [-0.4, -0.2) is 37.7 Å². The molecule has 178 valence electrons. The Balaban J connectivity index is 1.45. The third-order valence-corrected chi connectivity index (χ3v) is 10.8. The minimum atomic E-state index is -0.931. The molecule has 1 saturated heterocycles. The van der Waals surface area contributed by atoms with Gasteiger partial charge in [-0.1, -0.05) is 44.1 Å². The van der Waals surface area contributed by atoms with Gasteiger partial charge in [0.25, 0.3) is 0 Å². The van der Waals surface area contributed by atoms with Gasteiger partial charge in [0.1, 0.15) is 11.5 Å². The third kappa shape index (κ3) is 2.16. The Morgan fingerprint density at radius 1 is 0.971 bits per heavy atom. The summed E-state index contributed by atoms with van der Waals surface area (Å²) in [6.07, 6.45) is 13.0. The topological polar surface area (TPSA) is 61.8 Å². The van der Waals surface area contributed by atoms with Crippen LogP contribution < -0.4 is 4.74 Å². The number of carbonyl (C=O) groups excluding carboxylic acids is 2. The van der Waals surface area contributed by atoms with Crippen molar-refractivity contribution in [3.8, 4) is 5.75 Å². The van der Waals surface area contributed by atoms with E-state index in [1.807, 2.05) is 12.1 Å². The van der Waals surface area contributed by atoms with Crippen LogP contribution in [0.4, 0.5) is 0 Å². The highest BCUT2D eigenvalue weighted by Gasteiger charge is 2.80. The van der Waals surface area contributed by atoms with Crippen molar-refractivity contribution >= 4 is 11.6 Å². The number of methoxy groups -OCH3 is 1. The summed E-state index contributed by atoms with van der Waals surface area (Å²) in [4.78, 5) is 27.9. The van der Waals surface area contributed by atoms with Gasteiger partial charge in [-0.2, -0.15) is 0 Å². The predicted molar refractivity (Wildman–Crippen MR) is 125 cm³/mol. The molecule has 0 amide bonds. The number of Topliss-reactive ketones (excluding diaryl/α,β-unsaturated/α-hetero) is 1. The van der Waals surface area contributed by atoms with Crippen molar-refractivity contribution in [3.05, 3.63) is 54.1 Å². The number of rotatable bonds is 2. The molecule has 4 fully saturated rings. The zero-order valence-corrected chi connectivity index (χ0v) is 19.9. The van der Waals surface area contributed by atoms with E-state index in [4.69, 9.17) is 14.2 Å². The van der Waals surface area contributed by atoms with Gasteiger partial charge in [0.2, 0.25) is 0 Å². The van der Waals surface area contributed by atoms with E-state index >= 15 is 0 Å². The van der Waals surface area contributed by atoms with E-state index in [-0.39, 0.29) is 46.1 Å². The molecule has 5 nitrogen and oxygen atoms in total. The Morgan fingerprint density at radius 2 is 1.71 bits per heavy atom. The fourth-order valence-electron chi connectivity index (χ4n) is 9.52. The van der Waals surface area contributed by atoms with Gasteiger partial charge >= 0.3 is 0 Å². The molecule has 1 spiro atoms. The van der Waals surface area contributed by atoms with Gasteiger partial charge in [-0.05, 0) is 59.4 Å². The lowest BCUT2D eigenvalue weighted by atomic mass is 9.50. The normalized spacial score (nSPS) is 45.4. The lowest BCUT2D eigenvalue weighted by molar-refractivity contribution is -0.199. The Labute approximate surface area is 200 Å². The van der Waals surface area contributed by atoms with Crippen molar-refractivity contribution in [2.75, 3.05) is 20.3 Å². The first-order chi connectivity index (χ1) is 16.4. The zero-order valence-electron chi connectivity index (χ0n) is 19.9. The highest BCUT2D eigenvalue weighted by Crippen LogP contribution is 2.81. The van der Waals surface area contributed by atoms with E-state index in [9.17, 15) is 9.59 Å². The molecule has 2 bridgehead atoms. The minimum absolute atomic E-state index is 0.0294. The third-order valence-electron chi connectivity index (χ3n) is 10.8. The quantitative estimate of drug-likeness (QED) is 0.612. The van der Waals surface area contributed by atoms with Crippen LogP contribution in [0.5, 0.6) is 5.75 Å². The van der Waals surface area contributed by atoms with Crippen LogP contribution in [0.1, 0.15) is 44.6 Å². The molecule has 7 atom stereocenters. The lowest BCUT2D eigenvalue weighted by Gasteiger charge is -2.53. The Kier molecular flexibility index (Phi) is 4.15. The number of fused-ring (bicyclic) bond motifs is 5. The number of allylic oxidation sites excluding steroid dienone is 3. The van der Waals surface area contributed by atoms with Crippen molar-refractivity contribution in [2.24, 2.45) is 34.5 Å².